The summed E-state index contributed by atoms with van der Waals surface area (Å²) in [6.07, 6.45) is 0. The first kappa shape index (κ1) is 17.7. The summed E-state index contributed by atoms with van der Waals surface area (Å²) in [6, 6.07) is -0.712. The monoisotopic (exact) mass is 294 g/mol. The maximum absolute atomic E-state index is 11.8. The highest BCUT2D eigenvalue weighted by Crippen LogP contribution is 2.15. The van der Waals surface area contributed by atoms with Gasteiger partial charge in [-0.15, -0.1) is 0 Å². The van der Waals surface area contributed by atoms with Crippen LogP contribution in [0.25, 0.3) is 0 Å². The number of rotatable bonds is 5. The molecule has 0 heterocycles. The van der Waals surface area contributed by atoms with Gasteiger partial charge in [-0.2, -0.15) is 0 Å². The average molecular weight is 294 g/mol. The summed E-state index contributed by atoms with van der Waals surface area (Å²) in [6.45, 7) is 7.34. The highest BCUT2D eigenvalue weighted by molar-refractivity contribution is 7.92. The molecule has 8 heteroatoms. The number of carbonyl (C=O) groups excluding carboxylic acids is 1. The van der Waals surface area contributed by atoms with Crippen molar-refractivity contribution in [3.63, 3.8) is 0 Å². The Morgan fingerprint density at radius 3 is 1.95 bits per heavy atom. The molecule has 0 fully saturated rings. The van der Waals surface area contributed by atoms with E-state index in [1.807, 2.05) is 0 Å². The molecular weight excluding hydrogens is 272 g/mol. The number of hydrogen-bond acceptors (Lipinski definition) is 4. The van der Waals surface area contributed by atoms with Crippen molar-refractivity contribution in [2.75, 3.05) is 12.3 Å². The van der Waals surface area contributed by atoms with Crippen LogP contribution in [0.2, 0.25) is 0 Å². The molecule has 0 saturated heterocycles. The number of carbonyl (C=O) groups is 2. The molecule has 3 N–H and O–H groups in total. The summed E-state index contributed by atoms with van der Waals surface area (Å²) in [4.78, 5) is 22.2. The molecule has 0 rings (SSSR count). The minimum absolute atomic E-state index is 0.0683. The van der Waals surface area contributed by atoms with Gasteiger partial charge in [-0.3, -0.25) is 0 Å². The molecule has 0 aliphatic carbocycles. The Balaban J connectivity index is 4.32. The Labute approximate surface area is 113 Å². The van der Waals surface area contributed by atoms with Crippen molar-refractivity contribution in [2.24, 2.45) is 0 Å². The summed E-state index contributed by atoms with van der Waals surface area (Å²) < 4.78 is 22.6. The number of amides is 2. The number of nitrogens with one attached hydrogen (secondary N) is 2. The first-order valence-corrected chi connectivity index (χ1v) is 7.46. The molecule has 0 aromatic carbocycles. The molecule has 0 aliphatic heterocycles. The maximum atomic E-state index is 11.8. The van der Waals surface area contributed by atoms with Crippen LogP contribution in [-0.4, -0.2) is 48.1 Å². The fraction of sp³-hybridized carbons (Fsp3) is 0.818. The molecule has 19 heavy (non-hydrogen) atoms. The molecule has 0 aromatic rings. The molecule has 112 valence electrons. The lowest BCUT2D eigenvalue weighted by molar-refractivity contribution is -0.142. The minimum atomic E-state index is -3.31. The lowest BCUT2D eigenvalue weighted by Gasteiger charge is -2.22. The van der Waals surface area contributed by atoms with Crippen LogP contribution < -0.4 is 10.6 Å². The first-order valence-electron chi connectivity index (χ1n) is 5.81. The SMILES string of the molecule is CC(C)(NC(=O)NCCS(=O)(=O)C(C)(C)C)C(=O)O. The summed E-state index contributed by atoms with van der Waals surface area (Å²) in [5, 5.41) is 13.4. The number of hydrogen-bond donors (Lipinski definition) is 3. The standard InChI is InChI=1S/C11H22N2O5S/c1-10(2,3)19(17,18)7-6-12-9(16)13-11(4,5)8(14)15/h6-7H2,1-5H3,(H,14,15)(H2,12,13,16). The number of aliphatic carboxylic acids is 1. The minimum Gasteiger partial charge on any atom is -0.480 e. The molecule has 0 unspecified atom stereocenters. The van der Waals surface area contributed by atoms with Gasteiger partial charge in [0.2, 0.25) is 0 Å². The van der Waals surface area contributed by atoms with Crippen LogP contribution >= 0.6 is 0 Å². The van der Waals surface area contributed by atoms with Crippen LogP contribution in [0.1, 0.15) is 34.6 Å². The second-order valence-electron chi connectivity index (χ2n) is 5.74. The van der Waals surface area contributed by atoms with E-state index in [0.29, 0.717) is 0 Å². The van der Waals surface area contributed by atoms with Gasteiger partial charge in [0.05, 0.1) is 10.5 Å². The van der Waals surface area contributed by atoms with E-state index in [-0.39, 0.29) is 12.3 Å². The predicted molar refractivity (Wildman–Crippen MR) is 71.8 cm³/mol. The van der Waals surface area contributed by atoms with Crippen LogP contribution in [0.5, 0.6) is 0 Å². The molecule has 0 aromatic heterocycles. The first-order chi connectivity index (χ1) is 8.29. The molecule has 7 nitrogen and oxygen atoms in total. The van der Waals surface area contributed by atoms with E-state index in [4.69, 9.17) is 5.11 Å². The van der Waals surface area contributed by atoms with Crippen molar-refractivity contribution in [3.8, 4) is 0 Å². The van der Waals surface area contributed by atoms with Crippen LogP contribution in [0.15, 0.2) is 0 Å². The third kappa shape index (κ3) is 5.46. The van der Waals surface area contributed by atoms with Crippen molar-refractivity contribution in [1.29, 1.82) is 0 Å². The Morgan fingerprint density at radius 1 is 1.11 bits per heavy atom. The van der Waals surface area contributed by atoms with Gasteiger partial charge in [-0.1, -0.05) is 0 Å². The molecule has 0 radical (unpaired) electrons. The lowest BCUT2D eigenvalue weighted by Crippen LogP contribution is -2.53. The summed E-state index contributed by atoms with van der Waals surface area (Å²) in [5.74, 6) is -1.37. The Morgan fingerprint density at radius 2 is 1.58 bits per heavy atom. The Bertz CT molecular complexity index is 448. The second kappa shape index (κ2) is 5.77. The van der Waals surface area contributed by atoms with E-state index < -0.39 is 32.1 Å². The van der Waals surface area contributed by atoms with Crippen molar-refractivity contribution < 1.29 is 23.1 Å². The van der Waals surface area contributed by atoms with Gasteiger partial charge in [0.25, 0.3) is 0 Å². The van der Waals surface area contributed by atoms with E-state index in [1.165, 1.54) is 13.8 Å². The maximum Gasteiger partial charge on any atom is 0.328 e. The largest absolute Gasteiger partial charge is 0.480 e. The summed E-state index contributed by atoms with van der Waals surface area (Å²) in [7, 11) is -3.31. The summed E-state index contributed by atoms with van der Waals surface area (Å²) >= 11 is 0. The molecular formula is C11H22N2O5S. The molecule has 0 spiro atoms. The van der Waals surface area contributed by atoms with Crippen LogP contribution in [-0.2, 0) is 14.6 Å². The van der Waals surface area contributed by atoms with Gasteiger partial charge in [0, 0.05) is 6.54 Å². The van der Waals surface area contributed by atoms with Crippen molar-refractivity contribution >= 4 is 21.8 Å². The van der Waals surface area contributed by atoms with Crippen molar-refractivity contribution in [1.82, 2.24) is 10.6 Å². The average Bonchev–Trinajstić information content (AvgIpc) is 2.13. The van der Waals surface area contributed by atoms with E-state index in [2.05, 4.69) is 10.6 Å². The number of urea groups is 1. The van der Waals surface area contributed by atoms with E-state index >= 15 is 0 Å². The molecule has 0 saturated carbocycles. The van der Waals surface area contributed by atoms with E-state index in [1.54, 1.807) is 20.8 Å². The fourth-order valence-electron chi connectivity index (χ4n) is 0.987. The fourth-order valence-corrected chi connectivity index (χ4v) is 1.97. The molecule has 0 aliphatic rings. The van der Waals surface area contributed by atoms with Crippen LogP contribution in [0.3, 0.4) is 0 Å². The van der Waals surface area contributed by atoms with Gasteiger partial charge < -0.3 is 15.7 Å². The van der Waals surface area contributed by atoms with Crippen molar-refractivity contribution in [2.45, 2.75) is 44.9 Å². The van der Waals surface area contributed by atoms with Gasteiger partial charge in [-0.05, 0) is 34.6 Å². The van der Waals surface area contributed by atoms with Gasteiger partial charge in [0.1, 0.15) is 5.54 Å². The van der Waals surface area contributed by atoms with Gasteiger partial charge in [0.15, 0.2) is 9.84 Å². The third-order valence-corrected chi connectivity index (χ3v) is 5.16. The van der Waals surface area contributed by atoms with Crippen LogP contribution in [0.4, 0.5) is 4.79 Å². The topological polar surface area (TPSA) is 113 Å². The zero-order valence-electron chi connectivity index (χ0n) is 11.9. The molecule has 0 bridgehead atoms. The zero-order valence-corrected chi connectivity index (χ0v) is 12.7. The Hall–Kier alpha value is -1.31. The van der Waals surface area contributed by atoms with Crippen LogP contribution in [0, 0.1) is 0 Å². The smallest absolute Gasteiger partial charge is 0.328 e. The highest BCUT2D eigenvalue weighted by Gasteiger charge is 2.30. The number of sulfone groups is 1. The quantitative estimate of drug-likeness (QED) is 0.677. The van der Waals surface area contributed by atoms with E-state index in [9.17, 15) is 18.0 Å². The normalized spacial score (nSPS) is 12.9. The van der Waals surface area contributed by atoms with E-state index in [0.717, 1.165) is 0 Å². The van der Waals surface area contributed by atoms with Gasteiger partial charge in [-0.25, -0.2) is 18.0 Å². The van der Waals surface area contributed by atoms with Crippen molar-refractivity contribution in [3.05, 3.63) is 0 Å². The van der Waals surface area contributed by atoms with Gasteiger partial charge >= 0.3 is 12.0 Å². The number of carboxylic acids is 1. The highest BCUT2D eigenvalue weighted by atomic mass is 32.2. The molecule has 2 amide bonds. The zero-order chi connectivity index (χ0) is 15.5. The predicted octanol–water partition coefficient (Wildman–Crippen LogP) is 0.362. The lowest BCUT2D eigenvalue weighted by atomic mass is 10.1. The Kier molecular flexibility index (Phi) is 5.37. The number of carboxylic acid groups (broad SMARTS) is 1. The second-order valence-corrected chi connectivity index (χ2v) is 8.60. The summed E-state index contributed by atoms with van der Waals surface area (Å²) in [5.41, 5.74) is -1.41. The molecule has 0 atom stereocenters. The third-order valence-electron chi connectivity index (χ3n) is 2.55.